The number of fused-ring (bicyclic) bond motifs is 1. The fraction of sp³-hybridized carbons (Fsp3) is 0.250. The van der Waals surface area contributed by atoms with Crippen LogP contribution in [0.5, 0.6) is 28.7 Å². The van der Waals surface area contributed by atoms with E-state index in [1.54, 1.807) is 0 Å². The lowest BCUT2D eigenvalue weighted by atomic mass is 9.91. The average Bonchev–Trinajstić information content (AvgIpc) is 2.54. The van der Waals surface area contributed by atoms with Crippen molar-refractivity contribution >= 4 is 5.78 Å². The summed E-state index contributed by atoms with van der Waals surface area (Å²) < 4.78 is 5.84. The highest BCUT2D eigenvalue weighted by Gasteiger charge is 2.32. The van der Waals surface area contributed by atoms with Crippen LogP contribution in [0.3, 0.4) is 0 Å². The second-order valence-electron chi connectivity index (χ2n) is 6.60. The van der Waals surface area contributed by atoms with E-state index < -0.39 is 6.10 Å². The molecule has 0 amide bonds. The van der Waals surface area contributed by atoms with Crippen LogP contribution in [0.2, 0.25) is 0 Å². The van der Waals surface area contributed by atoms with Gasteiger partial charge >= 0.3 is 0 Å². The van der Waals surface area contributed by atoms with Crippen LogP contribution in [0, 0.1) is 0 Å². The lowest BCUT2D eigenvalue weighted by molar-refractivity contribution is 0.0843. The number of rotatable bonds is 3. The second-order valence-corrected chi connectivity index (χ2v) is 6.60. The molecule has 26 heavy (non-hydrogen) atoms. The summed E-state index contributed by atoms with van der Waals surface area (Å²) in [5.74, 6) is -1.33. The quantitative estimate of drug-likeness (QED) is 0.493. The summed E-state index contributed by atoms with van der Waals surface area (Å²) >= 11 is 0. The molecule has 0 fully saturated rings. The Labute approximate surface area is 150 Å². The van der Waals surface area contributed by atoms with Gasteiger partial charge in [-0.05, 0) is 38.0 Å². The Bertz CT molecular complexity index is 909. The van der Waals surface area contributed by atoms with Crippen molar-refractivity contribution in [1.82, 2.24) is 0 Å². The smallest absolute Gasteiger partial charge is 0.174 e. The van der Waals surface area contributed by atoms with E-state index in [1.165, 1.54) is 18.2 Å². The summed E-state index contributed by atoms with van der Waals surface area (Å²) in [4.78, 5) is 12.5. The Morgan fingerprint density at radius 2 is 1.77 bits per heavy atom. The molecule has 136 valence electrons. The number of phenols is 4. The number of ether oxygens (including phenoxy) is 1. The van der Waals surface area contributed by atoms with Gasteiger partial charge in [0.2, 0.25) is 0 Å². The van der Waals surface area contributed by atoms with Crippen LogP contribution in [-0.2, 0) is 6.42 Å². The zero-order valence-corrected chi connectivity index (χ0v) is 14.5. The number of hydrogen-bond donors (Lipinski definition) is 4. The zero-order chi connectivity index (χ0) is 19.0. The molecule has 0 aromatic heterocycles. The number of carbonyl (C=O) groups is 1. The van der Waals surface area contributed by atoms with Gasteiger partial charge in [-0.25, -0.2) is 0 Å². The SMILES string of the molecule is CC(C)=CCc1cc(O)c(O)cc1[C@@H]1CC(=O)c2c(O)cc(O)cc2O1. The van der Waals surface area contributed by atoms with E-state index >= 15 is 0 Å². The number of phenolic OH excluding ortho intramolecular Hbond substituents is 4. The van der Waals surface area contributed by atoms with Crippen molar-refractivity contribution in [3.63, 3.8) is 0 Å². The highest BCUT2D eigenvalue weighted by atomic mass is 16.5. The van der Waals surface area contributed by atoms with Crippen molar-refractivity contribution in [3.05, 3.63) is 52.6 Å². The minimum absolute atomic E-state index is 0.0304. The highest BCUT2D eigenvalue weighted by molar-refractivity contribution is 6.02. The number of benzene rings is 2. The standard InChI is InChI=1S/C20H20O6/c1-10(2)3-4-11-5-14(22)15(23)8-13(11)18-9-17(25)20-16(24)6-12(21)7-19(20)26-18/h3,5-8,18,21-24H,4,9H2,1-2H3/t18-/m0/s1. The average molecular weight is 356 g/mol. The van der Waals surface area contributed by atoms with Crippen molar-refractivity contribution in [2.45, 2.75) is 32.8 Å². The van der Waals surface area contributed by atoms with E-state index in [2.05, 4.69) is 0 Å². The molecule has 0 bridgehead atoms. The Hall–Kier alpha value is -3.15. The number of allylic oxidation sites excluding steroid dienone is 2. The molecule has 6 heteroatoms. The van der Waals surface area contributed by atoms with Crippen LogP contribution in [-0.4, -0.2) is 26.2 Å². The Morgan fingerprint density at radius 3 is 2.46 bits per heavy atom. The first-order chi connectivity index (χ1) is 12.3. The van der Waals surface area contributed by atoms with Crippen LogP contribution < -0.4 is 4.74 Å². The van der Waals surface area contributed by atoms with Gasteiger partial charge in [-0.1, -0.05) is 11.6 Å². The third kappa shape index (κ3) is 3.31. The molecule has 0 unspecified atom stereocenters. The molecule has 0 spiro atoms. The molecule has 3 rings (SSSR count). The van der Waals surface area contributed by atoms with Crippen molar-refractivity contribution in [1.29, 1.82) is 0 Å². The molecule has 0 saturated heterocycles. The molecule has 0 saturated carbocycles. The van der Waals surface area contributed by atoms with Gasteiger partial charge in [0.15, 0.2) is 17.3 Å². The monoisotopic (exact) mass is 356 g/mol. The zero-order valence-electron chi connectivity index (χ0n) is 14.5. The summed E-state index contributed by atoms with van der Waals surface area (Å²) in [5, 5.41) is 39.3. The van der Waals surface area contributed by atoms with Crippen LogP contribution >= 0.6 is 0 Å². The first kappa shape index (κ1) is 17.7. The molecule has 6 nitrogen and oxygen atoms in total. The van der Waals surface area contributed by atoms with Gasteiger partial charge in [0.1, 0.15) is 28.9 Å². The maximum Gasteiger partial charge on any atom is 0.174 e. The van der Waals surface area contributed by atoms with Crippen molar-refractivity contribution in [2.75, 3.05) is 0 Å². The molecule has 1 heterocycles. The molecule has 4 N–H and O–H groups in total. The van der Waals surface area contributed by atoms with Gasteiger partial charge in [0, 0.05) is 17.7 Å². The summed E-state index contributed by atoms with van der Waals surface area (Å²) in [6.07, 6.45) is 1.73. The normalized spacial score (nSPS) is 15.9. The van der Waals surface area contributed by atoms with Crippen molar-refractivity contribution in [2.24, 2.45) is 0 Å². The van der Waals surface area contributed by atoms with Crippen LogP contribution in [0.15, 0.2) is 35.9 Å². The predicted molar refractivity (Wildman–Crippen MR) is 95.0 cm³/mol. The fourth-order valence-corrected chi connectivity index (χ4v) is 3.03. The van der Waals surface area contributed by atoms with E-state index in [9.17, 15) is 25.2 Å². The minimum Gasteiger partial charge on any atom is -0.508 e. The van der Waals surface area contributed by atoms with Crippen molar-refractivity contribution in [3.8, 4) is 28.7 Å². The van der Waals surface area contributed by atoms with E-state index in [1.807, 2.05) is 19.9 Å². The number of hydrogen-bond acceptors (Lipinski definition) is 6. The highest BCUT2D eigenvalue weighted by Crippen LogP contribution is 2.43. The first-order valence-corrected chi connectivity index (χ1v) is 8.20. The van der Waals surface area contributed by atoms with E-state index in [-0.39, 0.29) is 46.5 Å². The molecule has 0 radical (unpaired) electrons. The maximum atomic E-state index is 12.5. The minimum atomic E-state index is -0.705. The van der Waals surface area contributed by atoms with Crippen LogP contribution in [0.1, 0.15) is 47.9 Å². The molecule has 1 aliphatic rings. The maximum absolute atomic E-state index is 12.5. The molecule has 0 aliphatic carbocycles. The molecule has 2 aromatic rings. The fourth-order valence-electron chi connectivity index (χ4n) is 3.03. The third-order valence-electron chi connectivity index (χ3n) is 4.30. The summed E-state index contributed by atoms with van der Waals surface area (Å²) in [6.45, 7) is 3.89. The topological polar surface area (TPSA) is 107 Å². The lowest BCUT2D eigenvalue weighted by Gasteiger charge is -2.27. The van der Waals surface area contributed by atoms with Gasteiger partial charge in [0.05, 0.1) is 6.42 Å². The Balaban J connectivity index is 2.05. The molecular weight excluding hydrogens is 336 g/mol. The largest absolute Gasteiger partial charge is 0.508 e. The van der Waals surface area contributed by atoms with Gasteiger partial charge in [-0.3, -0.25) is 4.79 Å². The van der Waals surface area contributed by atoms with E-state index in [0.29, 0.717) is 17.5 Å². The van der Waals surface area contributed by atoms with Crippen LogP contribution in [0.25, 0.3) is 0 Å². The lowest BCUT2D eigenvalue weighted by Crippen LogP contribution is -2.21. The first-order valence-electron chi connectivity index (χ1n) is 8.20. The van der Waals surface area contributed by atoms with E-state index in [4.69, 9.17) is 4.74 Å². The molecule has 2 aromatic carbocycles. The van der Waals surface area contributed by atoms with Gasteiger partial charge in [0.25, 0.3) is 0 Å². The van der Waals surface area contributed by atoms with Gasteiger partial charge in [-0.2, -0.15) is 0 Å². The predicted octanol–water partition coefficient (Wildman–Crippen LogP) is 3.72. The summed E-state index contributed by atoms with van der Waals surface area (Å²) in [7, 11) is 0. The Morgan fingerprint density at radius 1 is 1.08 bits per heavy atom. The molecular formula is C20H20O6. The Kier molecular flexibility index (Phi) is 4.50. The molecule has 1 atom stereocenters. The summed E-state index contributed by atoms with van der Waals surface area (Å²) in [6, 6.07) is 5.20. The van der Waals surface area contributed by atoms with Gasteiger partial charge in [-0.15, -0.1) is 0 Å². The number of ketones is 1. The van der Waals surface area contributed by atoms with Gasteiger partial charge < -0.3 is 25.2 Å². The molecule has 1 aliphatic heterocycles. The summed E-state index contributed by atoms with van der Waals surface area (Å²) in [5.41, 5.74) is 2.41. The second kappa shape index (κ2) is 6.63. The number of Topliss-reactive ketones (excluding diaryl/α,β-unsaturated/α-hetero) is 1. The number of aromatic hydroxyl groups is 4. The third-order valence-corrected chi connectivity index (χ3v) is 4.30. The van der Waals surface area contributed by atoms with Crippen molar-refractivity contribution < 1.29 is 30.0 Å². The number of carbonyl (C=O) groups excluding carboxylic acids is 1. The van der Waals surface area contributed by atoms with Crippen LogP contribution in [0.4, 0.5) is 0 Å². The van der Waals surface area contributed by atoms with E-state index in [0.717, 1.165) is 11.6 Å².